The lowest BCUT2D eigenvalue weighted by Gasteiger charge is -1.81. The third-order valence-corrected chi connectivity index (χ3v) is 0.940. The third kappa shape index (κ3) is 36.3. The Morgan fingerprint density at radius 3 is 2.25 bits per heavy atom. The van der Waals surface area contributed by atoms with Crippen LogP contribution in [0, 0.1) is 0 Å². The molecule has 0 radical (unpaired) electrons. The molecule has 0 spiro atoms. The fourth-order valence-electron chi connectivity index (χ4n) is 0.499. The average Bonchev–Trinajstić information content (AvgIpc) is 1.97. The molecule has 0 aliphatic rings. The van der Waals surface area contributed by atoms with Gasteiger partial charge in [0.2, 0.25) is 0 Å². The maximum absolute atomic E-state index is 9.00. The van der Waals surface area contributed by atoms with Gasteiger partial charge in [0, 0.05) is 6.92 Å². The van der Waals surface area contributed by atoms with E-state index in [-0.39, 0.29) is 0 Å². The van der Waals surface area contributed by atoms with Gasteiger partial charge >= 0.3 is 0 Å². The summed E-state index contributed by atoms with van der Waals surface area (Å²) in [6.45, 7) is 6.85. The van der Waals surface area contributed by atoms with Crippen molar-refractivity contribution in [3.63, 3.8) is 0 Å². The number of hydrogen-bond acceptors (Lipinski definition) is 1. The van der Waals surface area contributed by atoms with E-state index < -0.39 is 5.97 Å². The van der Waals surface area contributed by atoms with E-state index in [1.165, 1.54) is 0 Å². The number of carboxylic acid groups (broad SMARTS) is 1. The highest BCUT2D eigenvalue weighted by Crippen LogP contribution is 1.91. The van der Waals surface area contributed by atoms with E-state index in [1.54, 1.807) is 0 Å². The molecule has 0 aliphatic carbocycles. The van der Waals surface area contributed by atoms with Crippen molar-refractivity contribution in [1.82, 2.24) is 0 Å². The highest BCUT2D eigenvalue weighted by molar-refractivity contribution is 5.62. The van der Waals surface area contributed by atoms with Crippen molar-refractivity contribution in [3.05, 3.63) is 24.8 Å². The van der Waals surface area contributed by atoms with Crippen LogP contribution in [0.3, 0.4) is 0 Å². The van der Waals surface area contributed by atoms with Gasteiger partial charge in [-0.2, -0.15) is 0 Å². The first-order valence-electron chi connectivity index (χ1n) is 4.10. The van der Waals surface area contributed by atoms with Gasteiger partial charge in [0.1, 0.15) is 0 Å². The Bertz CT molecular complexity index is 133. The molecule has 2 heteroatoms. The first kappa shape index (κ1) is 13.5. The Morgan fingerprint density at radius 2 is 1.92 bits per heavy atom. The van der Waals surface area contributed by atoms with Crippen molar-refractivity contribution in [3.8, 4) is 0 Å². The summed E-state index contributed by atoms with van der Waals surface area (Å²) in [5.41, 5.74) is 0. The Kier molecular flexibility index (Phi) is 14.2. The van der Waals surface area contributed by atoms with Crippen molar-refractivity contribution in [2.75, 3.05) is 0 Å². The molecular formula is C10H18O2. The highest BCUT2D eigenvalue weighted by atomic mass is 16.4. The quantitative estimate of drug-likeness (QED) is 0.520. The van der Waals surface area contributed by atoms with Crippen LogP contribution < -0.4 is 0 Å². The Balaban J connectivity index is 0. The minimum absolute atomic E-state index is 0.833. The first-order chi connectivity index (χ1) is 5.65. The summed E-state index contributed by atoms with van der Waals surface area (Å²) >= 11 is 0. The molecule has 0 aromatic carbocycles. The molecular weight excluding hydrogens is 152 g/mol. The van der Waals surface area contributed by atoms with Crippen molar-refractivity contribution < 1.29 is 9.90 Å². The monoisotopic (exact) mass is 170 g/mol. The zero-order valence-corrected chi connectivity index (χ0v) is 7.92. The van der Waals surface area contributed by atoms with E-state index in [0.717, 1.165) is 26.2 Å². The van der Waals surface area contributed by atoms with E-state index in [0.29, 0.717) is 0 Å². The molecule has 70 valence electrons. The molecule has 0 aliphatic heterocycles. The molecule has 0 saturated carbocycles. The number of carbonyl (C=O) groups is 1. The minimum Gasteiger partial charge on any atom is -0.481 e. The summed E-state index contributed by atoms with van der Waals surface area (Å²) in [5, 5.41) is 7.42. The SMILES string of the molecule is C=CCCC=CCC.CC(=O)O. The molecule has 12 heavy (non-hydrogen) atoms. The van der Waals surface area contributed by atoms with Crippen LogP contribution in [-0.2, 0) is 4.79 Å². The van der Waals surface area contributed by atoms with Crippen molar-refractivity contribution in [2.24, 2.45) is 0 Å². The molecule has 2 nitrogen and oxygen atoms in total. The lowest BCUT2D eigenvalue weighted by atomic mass is 10.3. The second kappa shape index (κ2) is 12.6. The zero-order valence-electron chi connectivity index (χ0n) is 7.92. The number of aliphatic carboxylic acids is 1. The predicted molar refractivity (Wildman–Crippen MR) is 52.2 cm³/mol. The summed E-state index contributed by atoms with van der Waals surface area (Å²) in [4.78, 5) is 9.00. The standard InChI is InChI=1S/C8H14.C2H4O2/c1-3-5-7-8-6-4-2;1-2(3)4/h3,6,8H,1,4-5,7H2,2H3;1H3,(H,3,4). The molecule has 1 N–H and O–H groups in total. The van der Waals surface area contributed by atoms with E-state index >= 15 is 0 Å². The maximum Gasteiger partial charge on any atom is 0.300 e. The largest absolute Gasteiger partial charge is 0.481 e. The summed E-state index contributed by atoms with van der Waals surface area (Å²) in [6, 6.07) is 0. The normalized spacial score (nSPS) is 8.83. The number of hydrogen-bond donors (Lipinski definition) is 1. The van der Waals surface area contributed by atoms with Gasteiger partial charge in [-0.15, -0.1) is 6.58 Å². The van der Waals surface area contributed by atoms with Crippen LogP contribution in [0.4, 0.5) is 0 Å². The number of carboxylic acids is 1. The van der Waals surface area contributed by atoms with Crippen LogP contribution in [0.1, 0.15) is 33.1 Å². The summed E-state index contributed by atoms with van der Waals surface area (Å²) in [6.07, 6.45) is 9.73. The topological polar surface area (TPSA) is 37.3 Å². The number of unbranched alkanes of at least 4 members (excludes halogenated alkanes) is 1. The molecule has 0 aromatic heterocycles. The Labute approximate surface area is 74.6 Å². The zero-order chi connectivity index (χ0) is 9.82. The average molecular weight is 170 g/mol. The van der Waals surface area contributed by atoms with Gasteiger partial charge in [0.05, 0.1) is 0 Å². The highest BCUT2D eigenvalue weighted by Gasteiger charge is 1.70. The fraction of sp³-hybridized carbons (Fsp3) is 0.500. The van der Waals surface area contributed by atoms with Crippen molar-refractivity contribution in [2.45, 2.75) is 33.1 Å². The Hall–Kier alpha value is -1.05. The number of rotatable bonds is 4. The molecule has 0 bridgehead atoms. The van der Waals surface area contributed by atoms with E-state index in [2.05, 4.69) is 25.7 Å². The van der Waals surface area contributed by atoms with Gasteiger partial charge < -0.3 is 5.11 Å². The second-order valence-corrected chi connectivity index (χ2v) is 2.26. The summed E-state index contributed by atoms with van der Waals surface area (Å²) in [5.74, 6) is -0.833. The summed E-state index contributed by atoms with van der Waals surface area (Å²) in [7, 11) is 0. The molecule has 0 atom stereocenters. The van der Waals surface area contributed by atoms with Crippen molar-refractivity contribution in [1.29, 1.82) is 0 Å². The first-order valence-corrected chi connectivity index (χ1v) is 4.10. The van der Waals surface area contributed by atoms with Gasteiger partial charge in [0.15, 0.2) is 0 Å². The summed E-state index contributed by atoms with van der Waals surface area (Å²) < 4.78 is 0. The fourth-order valence-corrected chi connectivity index (χ4v) is 0.499. The molecule has 0 aromatic rings. The van der Waals surface area contributed by atoms with E-state index in [4.69, 9.17) is 9.90 Å². The Morgan fingerprint density at radius 1 is 1.42 bits per heavy atom. The van der Waals surface area contributed by atoms with Crippen LogP contribution >= 0.6 is 0 Å². The van der Waals surface area contributed by atoms with Crippen LogP contribution in [0.15, 0.2) is 24.8 Å². The minimum atomic E-state index is -0.833. The van der Waals surface area contributed by atoms with Crippen molar-refractivity contribution >= 4 is 5.97 Å². The van der Waals surface area contributed by atoms with Gasteiger partial charge in [-0.3, -0.25) is 4.79 Å². The van der Waals surface area contributed by atoms with Gasteiger partial charge in [-0.1, -0.05) is 25.2 Å². The van der Waals surface area contributed by atoms with E-state index in [9.17, 15) is 0 Å². The van der Waals surface area contributed by atoms with Crippen LogP contribution in [0.25, 0.3) is 0 Å². The van der Waals surface area contributed by atoms with E-state index in [1.807, 2.05) is 6.08 Å². The van der Waals surface area contributed by atoms with Gasteiger partial charge in [-0.05, 0) is 19.3 Å². The third-order valence-electron chi connectivity index (χ3n) is 0.940. The predicted octanol–water partition coefficient (Wildman–Crippen LogP) is 3.01. The smallest absolute Gasteiger partial charge is 0.300 e. The molecule has 0 heterocycles. The molecule has 0 saturated heterocycles. The molecule has 0 unspecified atom stereocenters. The second-order valence-electron chi connectivity index (χ2n) is 2.26. The van der Waals surface area contributed by atoms with Crippen LogP contribution in [-0.4, -0.2) is 11.1 Å². The van der Waals surface area contributed by atoms with Crippen LogP contribution in [0.2, 0.25) is 0 Å². The lowest BCUT2D eigenvalue weighted by molar-refractivity contribution is -0.134. The lowest BCUT2D eigenvalue weighted by Crippen LogP contribution is -1.78. The molecule has 0 rings (SSSR count). The molecule has 0 fully saturated rings. The van der Waals surface area contributed by atoms with Gasteiger partial charge in [-0.25, -0.2) is 0 Å². The van der Waals surface area contributed by atoms with Crippen LogP contribution in [0.5, 0.6) is 0 Å². The molecule has 0 amide bonds. The maximum atomic E-state index is 9.00. The van der Waals surface area contributed by atoms with Gasteiger partial charge in [0.25, 0.3) is 5.97 Å². The number of allylic oxidation sites excluding steroid dienone is 3.